The smallest absolute Gasteiger partial charge is 0.316 e. The number of ether oxygens (including phenoxy) is 1. The molecule has 0 amide bonds. The van der Waals surface area contributed by atoms with Gasteiger partial charge in [-0.05, 0) is 25.9 Å². The van der Waals surface area contributed by atoms with Crippen LogP contribution >= 0.6 is 12.4 Å². The van der Waals surface area contributed by atoms with Crippen LogP contribution in [-0.4, -0.2) is 47.2 Å². The second kappa shape index (κ2) is 7.45. The van der Waals surface area contributed by atoms with Crippen LogP contribution in [0, 0.1) is 5.82 Å². The van der Waals surface area contributed by atoms with Crippen LogP contribution in [0.2, 0.25) is 0 Å². The van der Waals surface area contributed by atoms with Gasteiger partial charge >= 0.3 is 6.01 Å². The third-order valence-corrected chi connectivity index (χ3v) is 2.87. The molecule has 0 saturated carbocycles. The molecule has 0 aliphatic carbocycles. The monoisotopic (exact) mass is 276 g/mol. The van der Waals surface area contributed by atoms with Crippen molar-refractivity contribution in [3.8, 4) is 6.01 Å². The zero-order valence-electron chi connectivity index (χ0n) is 10.1. The third kappa shape index (κ3) is 4.72. The Morgan fingerprint density at radius 2 is 1.94 bits per heavy atom. The van der Waals surface area contributed by atoms with Crippen molar-refractivity contribution in [3.05, 3.63) is 18.2 Å². The number of nitrogens with zero attached hydrogens (tertiary/aromatic N) is 3. The summed E-state index contributed by atoms with van der Waals surface area (Å²) >= 11 is 0. The van der Waals surface area contributed by atoms with Crippen molar-refractivity contribution in [2.45, 2.75) is 18.9 Å². The van der Waals surface area contributed by atoms with Crippen molar-refractivity contribution in [2.75, 3.05) is 26.2 Å². The lowest BCUT2D eigenvalue weighted by Crippen LogP contribution is -2.41. The average molecular weight is 277 g/mol. The van der Waals surface area contributed by atoms with Crippen LogP contribution in [0.25, 0.3) is 0 Å². The van der Waals surface area contributed by atoms with Gasteiger partial charge in [0.2, 0.25) is 0 Å². The Bertz CT molecular complexity index is 343. The summed E-state index contributed by atoms with van der Waals surface area (Å²) in [5.41, 5.74) is 5.82. The second-order valence-electron chi connectivity index (χ2n) is 4.21. The molecule has 1 aliphatic heterocycles. The van der Waals surface area contributed by atoms with E-state index in [9.17, 15) is 4.39 Å². The van der Waals surface area contributed by atoms with Crippen LogP contribution < -0.4 is 10.5 Å². The number of likely N-dealkylation sites (tertiary alicyclic amines) is 1. The first-order valence-corrected chi connectivity index (χ1v) is 5.82. The molecule has 2 rings (SSSR count). The molecule has 0 radical (unpaired) electrons. The number of aromatic nitrogens is 2. The van der Waals surface area contributed by atoms with Gasteiger partial charge in [0.05, 0.1) is 12.4 Å². The van der Waals surface area contributed by atoms with Crippen LogP contribution in [0.15, 0.2) is 12.4 Å². The average Bonchev–Trinajstić information content (AvgIpc) is 2.34. The first-order chi connectivity index (χ1) is 8.24. The Morgan fingerprint density at radius 1 is 1.33 bits per heavy atom. The van der Waals surface area contributed by atoms with Crippen LogP contribution in [0.4, 0.5) is 4.39 Å². The summed E-state index contributed by atoms with van der Waals surface area (Å²) in [7, 11) is 0. The molecule has 1 aromatic heterocycles. The Labute approximate surface area is 112 Å². The summed E-state index contributed by atoms with van der Waals surface area (Å²) in [4.78, 5) is 9.75. The second-order valence-corrected chi connectivity index (χ2v) is 4.21. The van der Waals surface area contributed by atoms with Gasteiger partial charge in [-0.25, -0.2) is 14.4 Å². The van der Waals surface area contributed by atoms with Gasteiger partial charge in [0, 0.05) is 12.6 Å². The lowest BCUT2D eigenvalue weighted by atomic mass is 10.1. The molecule has 7 heteroatoms. The lowest BCUT2D eigenvalue weighted by molar-refractivity contribution is 0.168. The topological polar surface area (TPSA) is 64.3 Å². The molecule has 1 aliphatic rings. The molecule has 2 heterocycles. The van der Waals surface area contributed by atoms with Crippen molar-refractivity contribution in [2.24, 2.45) is 5.73 Å². The number of nitrogens with two attached hydrogens (primary N) is 1. The maximum Gasteiger partial charge on any atom is 0.316 e. The van der Waals surface area contributed by atoms with Crippen molar-refractivity contribution in [3.63, 3.8) is 0 Å². The van der Waals surface area contributed by atoms with Gasteiger partial charge in [0.1, 0.15) is 6.61 Å². The van der Waals surface area contributed by atoms with E-state index in [1.54, 1.807) is 0 Å². The van der Waals surface area contributed by atoms with Gasteiger partial charge in [-0.2, -0.15) is 0 Å². The van der Waals surface area contributed by atoms with Gasteiger partial charge in [-0.3, -0.25) is 4.90 Å². The molecule has 0 bridgehead atoms. The zero-order valence-corrected chi connectivity index (χ0v) is 10.9. The molecule has 1 fully saturated rings. The molecule has 1 aromatic rings. The Morgan fingerprint density at radius 3 is 2.56 bits per heavy atom. The Hall–Kier alpha value is -0.980. The SMILES string of the molecule is Cl.NC1CCN(CCOc2ncc(F)cn2)CC1. The minimum absolute atomic E-state index is 0. The summed E-state index contributed by atoms with van der Waals surface area (Å²) in [6, 6.07) is 0.563. The van der Waals surface area contributed by atoms with Crippen LogP contribution in [-0.2, 0) is 0 Å². The highest BCUT2D eigenvalue weighted by Gasteiger charge is 2.15. The number of halogens is 2. The van der Waals surface area contributed by atoms with Crippen LogP contribution in [0.1, 0.15) is 12.8 Å². The number of hydrogen-bond acceptors (Lipinski definition) is 5. The predicted molar refractivity (Wildman–Crippen MR) is 68.4 cm³/mol. The normalized spacial score (nSPS) is 17.2. The summed E-state index contributed by atoms with van der Waals surface area (Å²) < 4.78 is 17.9. The molecule has 5 nitrogen and oxygen atoms in total. The van der Waals surface area contributed by atoms with E-state index in [0.717, 1.165) is 44.9 Å². The van der Waals surface area contributed by atoms with E-state index in [1.165, 1.54) is 0 Å². The summed E-state index contributed by atoms with van der Waals surface area (Å²) in [6.45, 7) is 3.36. The van der Waals surface area contributed by atoms with Gasteiger partial charge in [0.25, 0.3) is 0 Å². The van der Waals surface area contributed by atoms with Crippen molar-refractivity contribution in [1.29, 1.82) is 0 Å². The van der Waals surface area contributed by atoms with Crippen LogP contribution in [0.5, 0.6) is 6.01 Å². The fourth-order valence-electron chi connectivity index (χ4n) is 1.82. The number of piperidine rings is 1. The molecule has 18 heavy (non-hydrogen) atoms. The predicted octanol–water partition coefficient (Wildman–Crippen LogP) is 0.839. The molecular formula is C11H18ClFN4O. The van der Waals surface area contributed by atoms with E-state index < -0.39 is 5.82 Å². The molecule has 102 valence electrons. The first kappa shape index (κ1) is 15.1. The number of hydrogen-bond donors (Lipinski definition) is 1. The lowest BCUT2D eigenvalue weighted by Gasteiger charge is -2.29. The largest absolute Gasteiger partial charge is 0.462 e. The van der Waals surface area contributed by atoms with Gasteiger partial charge in [-0.15, -0.1) is 12.4 Å². The Kier molecular flexibility index (Phi) is 6.24. The minimum atomic E-state index is -0.456. The molecule has 0 unspecified atom stereocenters. The summed E-state index contributed by atoms with van der Waals surface area (Å²) in [6.07, 6.45) is 4.27. The fourth-order valence-corrected chi connectivity index (χ4v) is 1.82. The van der Waals surface area contributed by atoms with Gasteiger partial charge in [0.15, 0.2) is 5.82 Å². The van der Waals surface area contributed by atoms with Gasteiger partial charge in [-0.1, -0.05) is 0 Å². The van der Waals surface area contributed by atoms with Crippen LogP contribution in [0.3, 0.4) is 0 Å². The minimum Gasteiger partial charge on any atom is -0.462 e. The van der Waals surface area contributed by atoms with Crippen molar-refractivity contribution >= 4 is 12.4 Å². The van der Waals surface area contributed by atoms with E-state index in [-0.39, 0.29) is 18.4 Å². The molecule has 0 atom stereocenters. The number of rotatable bonds is 4. The first-order valence-electron chi connectivity index (χ1n) is 5.82. The maximum atomic E-state index is 12.5. The molecular weight excluding hydrogens is 259 g/mol. The van der Waals surface area contributed by atoms with E-state index in [4.69, 9.17) is 10.5 Å². The zero-order chi connectivity index (χ0) is 12.1. The quantitative estimate of drug-likeness (QED) is 0.883. The van der Waals surface area contributed by atoms with E-state index in [2.05, 4.69) is 14.9 Å². The molecule has 0 spiro atoms. The van der Waals surface area contributed by atoms with Crippen molar-refractivity contribution in [1.82, 2.24) is 14.9 Å². The standard InChI is InChI=1S/C11H17FN4O.ClH/c12-9-7-14-11(15-8-9)17-6-5-16-3-1-10(13)2-4-16;/h7-8,10H,1-6,13H2;1H. The molecule has 1 saturated heterocycles. The fraction of sp³-hybridized carbons (Fsp3) is 0.636. The molecule has 0 aromatic carbocycles. The summed E-state index contributed by atoms with van der Waals surface area (Å²) in [5, 5.41) is 0. The highest BCUT2D eigenvalue weighted by molar-refractivity contribution is 5.85. The highest BCUT2D eigenvalue weighted by atomic mass is 35.5. The Balaban J connectivity index is 0.00000162. The maximum absolute atomic E-state index is 12.5. The third-order valence-electron chi connectivity index (χ3n) is 2.87. The van der Waals surface area contributed by atoms with E-state index in [0.29, 0.717) is 12.6 Å². The summed E-state index contributed by atoms with van der Waals surface area (Å²) in [5.74, 6) is -0.456. The van der Waals surface area contributed by atoms with E-state index >= 15 is 0 Å². The molecule has 2 N–H and O–H groups in total. The van der Waals surface area contributed by atoms with E-state index in [1.807, 2.05) is 0 Å². The highest BCUT2D eigenvalue weighted by Crippen LogP contribution is 2.08. The van der Waals surface area contributed by atoms with Crippen molar-refractivity contribution < 1.29 is 9.13 Å². The van der Waals surface area contributed by atoms with Gasteiger partial charge < -0.3 is 10.5 Å².